The molecule has 50 heavy (non-hydrogen) atoms. The normalized spacial score (nSPS) is 11.2. The van der Waals surface area contributed by atoms with Crippen LogP contribution in [0.4, 0.5) is 17.1 Å². The van der Waals surface area contributed by atoms with E-state index in [1.165, 1.54) is 33.0 Å². The molecule has 0 atom stereocenters. The maximum absolute atomic E-state index is 6.35. The SMILES string of the molecule is c1ccc(-c2ccc(N(c3ccc(-c4ccc5ccccc5c4)cc3)c3ccc(-c4cccc5nc(-c6ccccc6)oc45)cc3)cc2)cc1. The molecule has 236 valence electrons. The Morgan fingerprint density at radius 1 is 0.360 bits per heavy atom. The second-order valence-corrected chi connectivity index (χ2v) is 12.4. The fourth-order valence-electron chi connectivity index (χ4n) is 6.72. The van der Waals surface area contributed by atoms with E-state index in [-0.39, 0.29) is 0 Å². The van der Waals surface area contributed by atoms with Crippen molar-refractivity contribution in [2.45, 2.75) is 0 Å². The van der Waals surface area contributed by atoms with Crippen molar-refractivity contribution < 1.29 is 4.42 Å². The van der Waals surface area contributed by atoms with E-state index in [1.54, 1.807) is 0 Å². The quantitative estimate of drug-likeness (QED) is 0.174. The Kier molecular flexibility index (Phi) is 7.49. The molecule has 0 saturated heterocycles. The van der Waals surface area contributed by atoms with Gasteiger partial charge in [-0.1, -0.05) is 133 Å². The first-order valence-electron chi connectivity index (χ1n) is 16.9. The molecule has 0 radical (unpaired) electrons. The standard InChI is InChI=1S/C47H32N2O/c1-3-10-33(11-4-1)35-20-26-41(27-21-35)49(42-28-22-36(23-29-42)40-19-18-34-12-7-8-15-39(34)32-40)43-30-24-37(25-31-43)44-16-9-17-45-46(44)50-47(48-45)38-13-5-2-6-14-38/h1-32H. The van der Waals surface area contributed by atoms with E-state index in [2.05, 4.69) is 157 Å². The van der Waals surface area contributed by atoms with Gasteiger partial charge in [0.05, 0.1) is 0 Å². The molecule has 0 aliphatic carbocycles. The minimum absolute atomic E-state index is 0.627. The number of nitrogens with zero attached hydrogens (tertiary/aromatic N) is 2. The molecule has 0 aliphatic rings. The highest BCUT2D eigenvalue weighted by molar-refractivity contribution is 5.92. The minimum Gasteiger partial charge on any atom is -0.435 e. The van der Waals surface area contributed by atoms with Crippen molar-refractivity contribution in [3.8, 4) is 44.8 Å². The molecule has 3 heteroatoms. The summed E-state index contributed by atoms with van der Waals surface area (Å²) in [6.45, 7) is 0. The third-order valence-corrected chi connectivity index (χ3v) is 9.31. The van der Waals surface area contributed by atoms with E-state index >= 15 is 0 Å². The number of hydrogen-bond donors (Lipinski definition) is 0. The highest BCUT2D eigenvalue weighted by Gasteiger charge is 2.16. The summed E-state index contributed by atoms with van der Waals surface area (Å²) in [6, 6.07) is 68.2. The fraction of sp³-hybridized carbons (Fsp3) is 0. The Labute approximate surface area is 291 Å². The van der Waals surface area contributed by atoms with Gasteiger partial charge in [-0.15, -0.1) is 0 Å². The highest BCUT2D eigenvalue weighted by Crippen LogP contribution is 2.39. The number of rotatable bonds is 7. The zero-order valence-corrected chi connectivity index (χ0v) is 27.3. The lowest BCUT2D eigenvalue weighted by molar-refractivity contribution is 0.621. The van der Waals surface area contributed by atoms with Crippen LogP contribution < -0.4 is 4.90 Å². The second-order valence-electron chi connectivity index (χ2n) is 12.4. The molecule has 9 aromatic rings. The van der Waals surface area contributed by atoms with Gasteiger partial charge in [0, 0.05) is 28.2 Å². The largest absolute Gasteiger partial charge is 0.435 e. The lowest BCUT2D eigenvalue weighted by atomic mass is 10.0. The Hall–Kier alpha value is -6.71. The van der Waals surface area contributed by atoms with Crippen LogP contribution in [0.25, 0.3) is 66.7 Å². The molecule has 8 aromatic carbocycles. The van der Waals surface area contributed by atoms with Crippen molar-refractivity contribution in [2.24, 2.45) is 0 Å². The van der Waals surface area contributed by atoms with Crippen LogP contribution in [0.2, 0.25) is 0 Å². The summed E-state index contributed by atoms with van der Waals surface area (Å²) >= 11 is 0. The summed E-state index contributed by atoms with van der Waals surface area (Å²) in [5, 5.41) is 2.49. The molecule has 0 fully saturated rings. The van der Waals surface area contributed by atoms with Crippen molar-refractivity contribution in [3.05, 3.63) is 194 Å². The molecule has 3 nitrogen and oxygen atoms in total. The average Bonchev–Trinajstić information content (AvgIpc) is 3.65. The molecule has 0 unspecified atom stereocenters. The Morgan fingerprint density at radius 2 is 0.860 bits per heavy atom. The van der Waals surface area contributed by atoms with Gasteiger partial charge >= 0.3 is 0 Å². The molecule has 1 heterocycles. The number of aromatic nitrogens is 1. The van der Waals surface area contributed by atoms with Crippen LogP contribution in [0.3, 0.4) is 0 Å². The van der Waals surface area contributed by atoms with Gasteiger partial charge in [0.25, 0.3) is 0 Å². The van der Waals surface area contributed by atoms with E-state index in [0.29, 0.717) is 5.89 Å². The van der Waals surface area contributed by atoms with Crippen LogP contribution in [0.1, 0.15) is 0 Å². The van der Waals surface area contributed by atoms with Crippen LogP contribution in [-0.2, 0) is 0 Å². The number of oxazole rings is 1. The smallest absolute Gasteiger partial charge is 0.227 e. The summed E-state index contributed by atoms with van der Waals surface area (Å²) in [5.41, 5.74) is 12.7. The van der Waals surface area contributed by atoms with Crippen molar-refractivity contribution in [1.29, 1.82) is 0 Å². The third-order valence-electron chi connectivity index (χ3n) is 9.31. The summed E-state index contributed by atoms with van der Waals surface area (Å²) in [7, 11) is 0. The van der Waals surface area contributed by atoms with Crippen LogP contribution in [0.15, 0.2) is 199 Å². The molecule has 0 aliphatic heterocycles. The number of anilines is 3. The molecule has 9 rings (SSSR count). The van der Waals surface area contributed by atoms with Crippen molar-refractivity contribution in [2.75, 3.05) is 4.90 Å². The Balaban J connectivity index is 1.09. The Bertz CT molecular complexity index is 2550. The molecule has 0 bridgehead atoms. The molecular formula is C47H32N2O. The summed E-state index contributed by atoms with van der Waals surface area (Å²) in [6.07, 6.45) is 0. The van der Waals surface area contributed by atoms with Gasteiger partial charge in [-0.05, 0) is 99.3 Å². The Morgan fingerprint density at radius 3 is 1.50 bits per heavy atom. The van der Waals surface area contributed by atoms with Crippen LogP contribution >= 0.6 is 0 Å². The van der Waals surface area contributed by atoms with Crippen LogP contribution in [-0.4, -0.2) is 4.98 Å². The molecule has 1 aromatic heterocycles. The lowest BCUT2D eigenvalue weighted by Gasteiger charge is -2.26. The lowest BCUT2D eigenvalue weighted by Crippen LogP contribution is -2.09. The third kappa shape index (κ3) is 5.61. The van der Waals surface area contributed by atoms with Gasteiger partial charge in [-0.3, -0.25) is 0 Å². The molecule has 0 spiro atoms. The first-order chi connectivity index (χ1) is 24.8. The zero-order valence-electron chi connectivity index (χ0n) is 27.3. The van der Waals surface area contributed by atoms with E-state index in [9.17, 15) is 0 Å². The summed E-state index contributed by atoms with van der Waals surface area (Å²) in [5.74, 6) is 0.627. The van der Waals surface area contributed by atoms with Gasteiger partial charge in [-0.25, -0.2) is 4.98 Å². The van der Waals surface area contributed by atoms with Gasteiger partial charge in [0.15, 0.2) is 5.58 Å². The average molecular weight is 641 g/mol. The summed E-state index contributed by atoms with van der Waals surface area (Å²) < 4.78 is 6.35. The number of benzene rings is 8. The molecule has 0 saturated carbocycles. The number of fused-ring (bicyclic) bond motifs is 2. The first-order valence-corrected chi connectivity index (χ1v) is 16.9. The van der Waals surface area contributed by atoms with Gasteiger partial charge in [-0.2, -0.15) is 0 Å². The molecule has 0 amide bonds. The first kappa shape index (κ1) is 29.4. The highest BCUT2D eigenvalue weighted by atomic mass is 16.3. The van der Waals surface area contributed by atoms with Crippen molar-refractivity contribution >= 4 is 38.9 Å². The molecular weight excluding hydrogens is 609 g/mol. The van der Waals surface area contributed by atoms with Crippen LogP contribution in [0, 0.1) is 0 Å². The fourth-order valence-corrected chi connectivity index (χ4v) is 6.72. The number of para-hydroxylation sites is 1. The van der Waals surface area contributed by atoms with E-state index in [0.717, 1.165) is 44.9 Å². The monoisotopic (exact) mass is 640 g/mol. The molecule has 0 N–H and O–H groups in total. The van der Waals surface area contributed by atoms with E-state index < -0.39 is 0 Å². The predicted octanol–water partition coefficient (Wildman–Crippen LogP) is 13.1. The van der Waals surface area contributed by atoms with Crippen LogP contribution in [0.5, 0.6) is 0 Å². The van der Waals surface area contributed by atoms with Gasteiger partial charge < -0.3 is 9.32 Å². The minimum atomic E-state index is 0.627. The maximum Gasteiger partial charge on any atom is 0.227 e. The van der Waals surface area contributed by atoms with E-state index in [4.69, 9.17) is 9.40 Å². The van der Waals surface area contributed by atoms with E-state index in [1.807, 2.05) is 42.5 Å². The van der Waals surface area contributed by atoms with Gasteiger partial charge in [0.1, 0.15) is 5.52 Å². The maximum atomic E-state index is 6.35. The van der Waals surface area contributed by atoms with Crippen molar-refractivity contribution in [1.82, 2.24) is 4.98 Å². The predicted molar refractivity (Wildman–Crippen MR) is 208 cm³/mol. The number of hydrogen-bond acceptors (Lipinski definition) is 3. The van der Waals surface area contributed by atoms with Crippen molar-refractivity contribution in [3.63, 3.8) is 0 Å². The topological polar surface area (TPSA) is 29.3 Å². The second kappa shape index (κ2) is 12.7. The summed E-state index contributed by atoms with van der Waals surface area (Å²) in [4.78, 5) is 7.10. The zero-order chi connectivity index (χ0) is 33.3. The van der Waals surface area contributed by atoms with Gasteiger partial charge in [0.2, 0.25) is 5.89 Å².